The van der Waals surface area contributed by atoms with Crippen LogP contribution >= 0.6 is 0 Å². The average Bonchev–Trinajstić information content (AvgIpc) is 2.86. The van der Waals surface area contributed by atoms with Crippen molar-refractivity contribution in [3.63, 3.8) is 0 Å². The topological polar surface area (TPSA) is 58.6 Å². The molecule has 3 aromatic rings. The zero-order chi connectivity index (χ0) is 24.1. The molecule has 3 aromatic carbocycles. The molecule has 0 aliphatic carbocycles. The van der Waals surface area contributed by atoms with Crippen LogP contribution in [-0.2, 0) is 11.2 Å². The average molecular weight is 455 g/mol. The number of aryl methyl sites for hydroxylation is 1. The maximum Gasteiger partial charge on any atom is 0.261 e. The highest BCUT2D eigenvalue weighted by Gasteiger charge is 2.33. The fraction of sp³-hybridized carbons (Fsp3) is 0.241. The molecule has 4 rings (SSSR count). The molecule has 0 spiro atoms. The number of fused-ring (bicyclic) bond motifs is 1. The first kappa shape index (κ1) is 23.3. The molecule has 0 fully saturated rings. The Morgan fingerprint density at radius 1 is 1.12 bits per heavy atom. The van der Waals surface area contributed by atoms with E-state index in [4.69, 9.17) is 4.74 Å². The van der Waals surface area contributed by atoms with E-state index < -0.39 is 6.10 Å². The SMILES string of the molecule is C=CCNC(=O)[C@H](C)Oc1ccc2c(c1)[C@H](c1cccc(C)c1)N(C(=O)c1ccccc1)CC2. The van der Waals surface area contributed by atoms with Crippen LogP contribution in [0.3, 0.4) is 0 Å². The molecule has 1 aliphatic heterocycles. The minimum atomic E-state index is -0.652. The smallest absolute Gasteiger partial charge is 0.261 e. The summed E-state index contributed by atoms with van der Waals surface area (Å²) in [6, 6.07) is 23.4. The van der Waals surface area contributed by atoms with Crippen molar-refractivity contribution in [3.05, 3.63) is 113 Å². The lowest BCUT2D eigenvalue weighted by molar-refractivity contribution is -0.127. The Bertz CT molecular complexity index is 1190. The second-order valence-electron chi connectivity index (χ2n) is 8.59. The summed E-state index contributed by atoms with van der Waals surface area (Å²) in [6.07, 6.45) is 1.74. The van der Waals surface area contributed by atoms with Crippen LogP contribution in [0.2, 0.25) is 0 Å². The molecule has 174 valence electrons. The number of benzene rings is 3. The third-order valence-corrected chi connectivity index (χ3v) is 6.09. The second kappa shape index (κ2) is 10.4. The second-order valence-corrected chi connectivity index (χ2v) is 8.59. The number of carbonyl (C=O) groups excluding carboxylic acids is 2. The Morgan fingerprint density at radius 2 is 1.91 bits per heavy atom. The molecule has 0 radical (unpaired) electrons. The summed E-state index contributed by atoms with van der Waals surface area (Å²) >= 11 is 0. The van der Waals surface area contributed by atoms with Crippen molar-refractivity contribution in [2.24, 2.45) is 0 Å². The largest absolute Gasteiger partial charge is 0.481 e. The Balaban J connectivity index is 1.71. The van der Waals surface area contributed by atoms with Gasteiger partial charge in [0.25, 0.3) is 11.8 Å². The van der Waals surface area contributed by atoms with E-state index in [0.29, 0.717) is 24.4 Å². The lowest BCUT2D eigenvalue weighted by Gasteiger charge is -2.38. The first-order chi connectivity index (χ1) is 16.5. The molecule has 1 heterocycles. The van der Waals surface area contributed by atoms with Crippen molar-refractivity contribution in [2.45, 2.75) is 32.4 Å². The van der Waals surface area contributed by atoms with Gasteiger partial charge in [0.1, 0.15) is 5.75 Å². The molecule has 5 nitrogen and oxygen atoms in total. The highest BCUT2D eigenvalue weighted by atomic mass is 16.5. The summed E-state index contributed by atoms with van der Waals surface area (Å²) in [7, 11) is 0. The summed E-state index contributed by atoms with van der Waals surface area (Å²) < 4.78 is 5.98. The van der Waals surface area contributed by atoms with Gasteiger partial charge in [-0.3, -0.25) is 9.59 Å². The monoisotopic (exact) mass is 454 g/mol. The maximum absolute atomic E-state index is 13.6. The number of hydrogen-bond acceptors (Lipinski definition) is 3. The zero-order valence-electron chi connectivity index (χ0n) is 19.7. The van der Waals surface area contributed by atoms with Gasteiger partial charge in [-0.15, -0.1) is 6.58 Å². The lowest BCUT2D eigenvalue weighted by atomic mass is 9.87. The summed E-state index contributed by atoms with van der Waals surface area (Å²) in [5.74, 6) is 0.404. The van der Waals surface area contributed by atoms with E-state index in [0.717, 1.165) is 23.1 Å². The third-order valence-electron chi connectivity index (χ3n) is 6.09. The van der Waals surface area contributed by atoms with Crippen molar-refractivity contribution in [1.29, 1.82) is 0 Å². The van der Waals surface area contributed by atoms with E-state index >= 15 is 0 Å². The van der Waals surface area contributed by atoms with E-state index in [1.807, 2.05) is 59.5 Å². The fourth-order valence-corrected chi connectivity index (χ4v) is 4.41. The minimum absolute atomic E-state index is 0.00116. The quantitative estimate of drug-likeness (QED) is 0.519. The van der Waals surface area contributed by atoms with Crippen molar-refractivity contribution in [3.8, 4) is 5.75 Å². The van der Waals surface area contributed by atoms with Gasteiger partial charge in [0.15, 0.2) is 6.10 Å². The van der Waals surface area contributed by atoms with E-state index in [1.54, 1.807) is 13.0 Å². The summed E-state index contributed by atoms with van der Waals surface area (Å²) in [5, 5.41) is 2.76. The molecule has 1 aliphatic rings. The van der Waals surface area contributed by atoms with Gasteiger partial charge in [0, 0.05) is 18.7 Å². The molecule has 34 heavy (non-hydrogen) atoms. The Hall–Kier alpha value is -3.86. The molecule has 1 N–H and O–H groups in total. The number of nitrogens with one attached hydrogen (secondary N) is 1. The molecular formula is C29H30N2O3. The van der Waals surface area contributed by atoms with Crippen molar-refractivity contribution >= 4 is 11.8 Å². The molecule has 0 aromatic heterocycles. The Morgan fingerprint density at radius 3 is 2.65 bits per heavy atom. The molecule has 0 saturated carbocycles. The number of amides is 2. The molecule has 2 atom stereocenters. The van der Waals surface area contributed by atoms with Crippen LogP contribution in [0, 0.1) is 6.92 Å². The molecule has 0 bridgehead atoms. The van der Waals surface area contributed by atoms with Crippen LogP contribution in [-0.4, -0.2) is 35.9 Å². The molecule has 5 heteroatoms. The van der Waals surface area contributed by atoms with Gasteiger partial charge in [0.2, 0.25) is 0 Å². The van der Waals surface area contributed by atoms with Crippen LogP contribution in [0.25, 0.3) is 0 Å². The van der Waals surface area contributed by atoms with Gasteiger partial charge >= 0.3 is 0 Å². The summed E-state index contributed by atoms with van der Waals surface area (Å²) in [5.41, 5.74) is 5.07. The molecule has 2 amide bonds. The fourth-order valence-electron chi connectivity index (χ4n) is 4.41. The number of carbonyl (C=O) groups is 2. The number of rotatable bonds is 7. The Kier molecular flexibility index (Phi) is 7.12. The standard InChI is InChI=1S/C29H30N2O3/c1-4-16-30-28(32)21(3)34-25-14-13-22-15-17-31(29(33)23-10-6-5-7-11-23)27(26(22)19-25)24-12-8-9-20(2)18-24/h4-14,18-19,21,27H,1,15-17H2,2-3H3,(H,30,32)/t21-,27-/m0/s1. The van der Waals surface area contributed by atoms with Crippen LogP contribution in [0.4, 0.5) is 0 Å². The normalized spacial score (nSPS) is 15.7. The zero-order valence-corrected chi connectivity index (χ0v) is 19.7. The third kappa shape index (κ3) is 5.04. The van der Waals surface area contributed by atoms with Crippen LogP contribution in [0.1, 0.15) is 45.6 Å². The van der Waals surface area contributed by atoms with Crippen molar-refractivity contribution < 1.29 is 14.3 Å². The first-order valence-electron chi connectivity index (χ1n) is 11.6. The van der Waals surface area contributed by atoms with Gasteiger partial charge < -0.3 is 15.0 Å². The van der Waals surface area contributed by atoms with E-state index in [1.165, 1.54) is 5.56 Å². The van der Waals surface area contributed by atoms with Gasteiger partial charge in [0.05, 0.1) is 6.04 Å². The minimum Gasteiger partial charge on any atom is -0.481 e. The number of nitrogens with zero attached hydrogens (tertiary/aromatic N) is 1. The lowest BCUT2D eigenvalue weighted by Crippen LogP contribution is -2.40. The summed E-state index contributed by atoms with van der Waals surface area (Å²) in [6.45, 7) is 8.42. The van der Waals surface area contributed by atoms with Crippen molar-refractivity contribution in [1.82, 2.24) is 10.2 Å². The van der Waals surface area contributed by atoms with Gasteiger partial charge in [-0.1, -0.05) is 60.2 Å². The first-order valence-corrected chi connectivity index (χ1v) is 11.6. The van der Waals surface area contributed by atoms with Crippen molar-refractivity contribution in [2.75, 3.05) is 13.1 Å². The number of hydrogen-bond donors (Lipinski definition) is 1. The predicted octanol–water partition coefficient (Wildman–Crippen LogP) is 4.85. The van der Waals surface area contributed by atoms with Gasteiger partial charge in [-0.2, -0.15) is 0 Å². The van der Waals surface area contributed by atoms with Crippen LogP contribution in [0.5, 0.6) is 5.75 Å². The van der Waals surface area contributed by atoms with Crippen LogP contribution < -0.4 is 10.1 Å². The highest BCUT2D eigenvalue weighted by Crippen LogP contribution is 2.38. The van der Waals surface area contributed by atoms with E-state index in [-0.39, 0.29) is 17.9 Å². The predicted molar refractivity (Wildman–Crippen MR) is 134 cm³/mol. The van der Waals surface area contributed by atoms with E-state index in [2.05, 4.69) is 37.0 Å². The molecule has 0 unspecified atom stereocenters. The van der Waals surface area contributed by atoms with Crippen LogP contribution in [0.15, 0.2) is 85.5 Å². The molecule has 0 saturated heterocycles. The highest BCUT2D eigenvalue weighted by molar-refractivity contribution is 5.95. The van der Waals surface area contributed by atoms with Gasteiger partial charge in [-0.25, -0.2) is 0 Å². The Labute approximate surface area is 201 Å². The number of ether oxygens (including phenoxy) is 1. The maximum atomic E-state index is 13.6. The van der Waals surface area contributed by atoms with E-state index in [9.17, 15) is 9.59 Å². The summed E-state index contributed by atoms with van der Waals surface area (Å²) in [4.78, 5) is 27.8. The van der Waals surface area contributed by atoms with Gasteiger partial charge in [-0.05, 0) is 61.2 Å². The molecular weight excluding hydrogens is 424 g/mol.